The number of nitrogens with zero attached hydrogens (tertiary/aromatic N) is 2. The summed E-state index contributed by atoms with van der Waals surface area (Å²) in [6.07, 6.45) is 2.41. The number of urea groups is 1. The molecule has 0 aliphatic rings. The van der Waals surface area contributed by atoms with Crippen molar-refractivity contribution in [2.24, 2.45) is 0 Å². The molecule has 39 heavy (non-hydrogen) atoms. The molecule has 1 heterocycles. The number of carboxylic acid groups (broad SMARTS) is 1. The fraction of sp³-hybridized carbons (Fsp3) is 0.200. The molecule has 3 N–H and O–H groups in total. The maximum absolute atomic E-state index is 13.2. The molecule has 1 atom stereocenters. The van der Waals surface area contributed by atoms with Crippen molar-refractivity contribution in [3.05, 3.63) is 112 Å². The quantitative estimate of drug-likeness (QED) is 0.286. The van der Waals surface area contributed by atoms with Crippen molar-refractivity contribution in [3.8, 4) is 11.1 Å². The molecule has 0 aliphatic heterocycles. The second-order valence-electron chi connectivity index (χ2n) is 9.12. The number of anilines is 2. The first-order valence-electron chi connectivity index (χ1n) is 12.4. The molecule has 0 bridgehead atoms. The molecule has 2 amide bonds. The van der Waals surface area contributed by atoms with Crippen LogP contribution in [0.2, 0.25) is 0 Å². The van der Waals surface area contributed by atoms with Crippen LogP contribution in [0.3, 0.4) is 0 Å². The van der Waals surface area contributed by atoms with Gasteiger partial charge in [-0.1, -0.05) is 61.5 Å². The smallest absolute Gasteiger partial charge is 1.00 e. The summed E-state index contributed by atoms with van der Waals surface area (Å²) in [6, 6.07) is 23.6. The fourth-order valence-electron chi connectivity index (χ4n) is 4.29. The zero-order valence-electron chi connectivity index (χ0n) is 23.3. The standard InChI is InChI=1S/C30H30N4O4.Na.H/c1-3-22(18-28(35)36)23-10-8-21(9-11-23)19-34-29(37)26(16-17-31-34)24-12-14-25(15-13-24)32-30(38)33-27-7-5-4-6-20(27)2;;/h4-17,22H,3,18-19H2,1-2H3,(H,35,36)(H2,32,33,38);;/q;+1;-1. The van der Waals surface area contributed by atoms with Gasteiger partial charge in [0.1, 0.15) is 0 Å². The number of aryl methyl sites for hydroxylation is 1. The largest absolute Gasteiger partial charge is 1.00 e. The van der Waals surface area contributed by atoms with E-state index in [1.54, 1.807) is 36.5 Å². The Hall–Kier alpha value is -3.72. The number of aromatic nitrogens is 2. The van der Waals surface area contributed by atoms with E-state index < -0.39 is 5.97 Å². The van der Waals surface area contributed by atoms with E-state index in [1.807, 2.05) is 62.4 Å². The molecular formula is C30H31N4NaO4. The van der Waals surface area contributed by atoms with Crippen LogP contribution in [0.4, 0.5) is 16.2 Å². The Balaban J connectivity index is 0.00000280. The van der Waals surface area contributed by atoms with Gasteiger partial charge < -0.3 is 17.2 Å². The molecule has 0 fully saturated rings. The van der Waals surface area contributed by atoms with Crippen LogP contribution < -0.4 is 45.8 Å². The Bertz CT molecular complexity index is 1490. The van der Waals surface area contributed by atoms with Crippen molar-refractivity contribution in [1.29, 1.82) is 0 Å². The SMILES string of the molecule is CCC(CC(=O)O)c1ccc(Cn2nccc(-c3ccc(NC(=O)Nc4ccccc4C)cc3)c2=O)cc1.[H-].[Na+]. The van der Waals surface area contributed by atoms with E-state index in [0.717, 1.165) is 28.8 Å². The summed E-state index contributed by atoms with van der Waals surface area (Å²) in [6.45, 7) is 4.19. The van der Waals surface area contributed by atoms with Gasteiger partial charge in [-0.2, -0.15) is 5.10 Å². The van der Waals surface area contributed by atoms with E-state index in [0.29, 0.717) is 23.4 Å². The third kappa shape index (κ3) is 7.89. The van der Waals surface area contributed by atoms with Crippen LogP contribution in [-0.4, -0.2) is 26.9 Å². The number of para-hydroxylation sites is 1. The summed E-state index contributed by atoms with van der Waals surface area (Å²) in [5, 5.41) is 19.0. The number of benzene rings is 3. The third-order valence-electron chi connectivity index (χ3n) is 6.46. The van der Waals surface area contributed by atoms with Crippen molar-refractivity contribution in [1.82, 2.24) is 9.78 Å². The number of amides is 2. The summed E-state index contributed by atoms with van der Waals surface area (Å²) in [7, 11) is 0. The van der Waals surface area contributed by atoms with Crippen LogP contribution in [0.1, 0.15) is 43.8 Å². The van der Waals surface area contributed by atoms with E-state index in [9.17, 15) is 14.4 Å². The van der Waals surface area contributed by atoms with Crippen molar-refractivity contribution in [2.75, 3.05) is 10.6 Å². The van der Waals surface area contributed by atoms with E-state index in [1.165, 1.54) is 4.68 Å². The molecule has 4 rings (SSSR count). The first-order chi connectivity index (χ1) is 18.3. The Labute approximate surface area is 250 Å². The van der Waals surface area contributed by atoms with E-state index in [2.05, 4.69) is 15.7 Å². The van der Waals surface area contributed by atoms with Crippen LogP contribution in [0.25, 0.3) is 11.1 Å². The van der Waals surface area contributed by atoms with Crippen molar-refractivity contribution in [2.45, 2.75) is 39.2 Å². The fourth-order valence-corrected chi connectivity index (χ4v) is 4.29. The second-order valence-corrected chi connectivity index (χ2v) is 9.12. The summed E-state index contributed by atoms with van der Waals surface area (Å²) >= 11 is 0. The number of aliphatic carboxylic acids is 1. The van der Waals surface area contributed by atoms with Crippen LogP contribution in [0, 0.1) is 6.92 Å². The van der Waals surface area contributed by atoms with Crippen molar-refractivity contribution in [3.63, 3.8) is 0 Å². The van der Waals surface area contributed by atoms with Gasteiger partial charge in [-0.15, -0.1) is 0 Å². The molecule has 1 aromatic heterocycles. The van der Waals surface area contributed by atoms with Gasteiger partial charge in [-0.25, -0.2) is 9.48 Å². The summed E-state index contributed by atoms with van der Waals surface area (Å²) in [4.78, 5) is 36.7. The topological polar surface area (TPSA) is 113 Å². The van der Waals surface area contributed by atoms with Gasteiger partial charge in [0, 0.05) is 17.6 Å². The minimum Gasteiger partial charge on any atom is -1.00 e. The Morgan fingerprint density at radius 3 is 2.31 bits per heavy atom. The van der Waals surface area contributed by atoms with Crippen LogP contribution in [-0.2, 0) is 11.3 Å². The van der Waals surface area contributed by atoms with Crippen LogP contribution >= 0.6 is 0 Å². The number of nitrogens with one attached hydrogen (secondary N) is 2. The maximum atomic E-state index is 13.2. The zero-order chi connectivity index (χ0) is 27.1. The van der Waals surface area contributed by atoms with Crippen molar-refractivity contribution >= 4 is 23.4 Å². The van der Waals surface area contributed by atoms with Gasteiger partial charge in [0.15, 0.2) is 0 Å². The molecule has 8 nitrogen and oxygen atoms in total. The monoisotopic (exact) mass is 534 g/mol. The van der Waals surface area contributed by atoms with E-state index in [4.69, 9.17) is 5.11 Å². The molecule has 196 valence electrons. The molecule has 0 saturated heterocycles. The number of carbonyl (C=O) groups is 2. The number of hydrogen-bond donors (Lipinski definition) is 3. The van der Waals surface area contributed by atoms with E-state index >= 15 is 0 Å². The third-order valence-corrected chi connectivity index (χ3v) is 6.46. The van der Waals surface area contributed by atoms with Gasteiger partial charge in [0.2, 0.25) is 0 Å². The number of carboxylic acids is 1. The average molecular weight is 535 g/mol. The van der Waals surface area contributed by atoms with Gasteiger partial charge in [0.05, 0.1) is 18.5 Å². The molecule has 0 spiro atoms. The molecular weight excluding hydrogens is 503 g/mol. The average Bonchev–Trinajstić information content (AvgIpc) is 2.91. The number of hydrogen-bond acceptors (Lipinski definition) is 4. The number of carbonyl (C=O) groups excluding carboxylic acids is 1. The normalized spacial score (nSPS) is 11.2. The molecule has 3 aromatic carbocycles. The Kier molecular flexibility index (Phi) is 10.6. The molecule has 1 unspecified atom stereocenters. The summed E-state index contributed by atoms with van der Waals surface area (Å²) in [5.74, 6) is -0.862. The Morgan fingerprint density at radius 2 is 1.67 bits per heavy atom. The molecule has 0 aliphatic carbocycles. The minimum absolute atomic E-state index is 0. The van der Waals surface area contributed by atoms with Gasteiger partial charge in [-0.3, -0.25) is 9.59 Å². The van der Waals surface area contributed by atoms with Crippen LogP contribution in [0.15, 0.2) is 89.9 Å². The van der Waals surface area contributed by atoms with Gasteiger partial charge >= 0.3 is 41.6 Å². The van der Waals surface area contributed by atoms with Gasteiger partial charge in [-0.05, 0) is 65.8 Å². The van der Waals surface area contributed by atoms with Crippen LogP contribution in [0.5, 0.6) is 0 Å². The predicted octanol–water partition coefficient (Wildman–Crippen LogP) is 3.00. The first-order valence-corrected chi connectivity index (χ1v) is 12.4. The van der Waals surface area contributed by atoms with E-state index in [-0.39, 0.29) is 54.9 Å². The summed E-state index contributed by atoms with van der Waals surface area (Å²) < 4.78 is 1.40. The number of rotatable bonds is 9. The van der Waals surface area contributed by atoms with Crippen molar-refractivity contribution < 1.29 is 45.7 Å². The molecule has 9 heteroatoms. The summed E-state index contributed by atoms with van der Waals surface area (Å²) in [5.41, 5.74) is 5.14. The molecule has 0 radical (unpaired) electrons. The maximum Gasteiger partial charge on any atom is 1.00 e. The Morgan fingerprint density at radius 1 is 0.974 bits per heavy atom. The molecule has 0 saturated carbocycles. The first kappa shape index (κ1) is 29.8. The molecule has 4 aromatic rings. The minimum atomic E-state index is -0.817. The second kappa shape index (κ2) is 13.9. The van der Waals surface area contributed by atoms with Gasteiger partial charge in [0.25, 0.3) is 5.56 Å². The predicted molar refractivity (Wildman–Crippen MR) is 150 cm³/mol. The zero-order valence-corrected chi connectivity index (χ0v) is 24.3.